The maximum absolute atomic E-state index is 13.4. The van der Waals surface area contributed by atoms with E-state index in [-0.39, 0.29) is 24.5 Å². The molecule has 2 aromatic rings. The van der Waals surface area contributed by atoms with E-state index in [1.54, 1.807) is 4.90 Å². The molecule has 6 heteroatoms. The molecule has 0 radical (unpaired) electrons. The minimum absolute atomic E-state index is 0.0516. The number of benzene rings is 2. The van der Waals surface area contributed by atoms with E-state index in [1.807, 2.05) is 43.3 Å². The predicted octanol–water partition coefficient (Wildman–Crippen LogP) is 5.69. The lowest BCUT2D eigenvalue weighted by molar-refractivity contribution is -0.142. The van der Waals surface area contributed by atoms with Gasteiger partial charge in [0.2, 0.25) is 5.91 Å². The molecule has 1 N–H and O–H groups in total. The van der Waals surface area contributed by atoms with Crippen molar-refractivity contribution in [3.8, 4) is 5.75 Å². The Bertz CT molecular complexity index is 929. The lowest BCUT2D eigenvalue weighted by Gasteiger charge is -2.32. The number of hydrogen-bond acceptors (Lipinski definition) is 3. The molecular formula is C28H37BrN2O3. The van der Waals surface area contributed by atoms with Gasteiger partial charge in [-0.2, -0.15) is 0 Å². The first-order valence-electron chi connectivity index (χ1n) is 12.6. The molecule has 1 aliphatic rings. The Labute approximate surface area is 212 Å². The Morgan fingerprint density at radius 1 is 1.06 bits per heavy atom. The van der Waals surface area contributed by atoms with E-state index in [4.69, 9.17) is 4.74 Å². The minimum atomic E-state index is -0.507. The minimum Gasteiger partial charge on any atom is -0.483 e. The van der Waals surface area contributed by atoms with Crippen molar-refractivity contribution in [1.29, 1.82) is 0 Å². The maximum atomic E-state index is 13.4. The van der Waals surface area contributed by atoms with Gasteiger partial charge in [0, 0.05) is 12.6 Å². The Kier molecular flexibility index (Phi) is 10.4. The number of ether oxygens (including phenoxy) is 1. The number of carbonyl (C=O) groups is 2. The SMILES string of the molecule is CCc1ccc(OCC(=O)N(CCc2ccccc2)C(CC)C(=O)NC2CCCCC2)c(Br)c1. The van der Waals surface area contributed by atoms with Gasteiger partial charge in [-0.15, -0.1) is 0 Å². The van der Waals surface area contributed by atoms with Crippen LogP contribution in [0, 0.1) is 0 Å². The summed E-state index contributed by atoms with van der Waals surface area (Å²) in [6.07, 6.45) is 7.76. The molecule has 0 heterocycles. The predicted molar refractivity (Wildman–Crippen MR) is 140 cm³/mol. The lowest BCUT2D eigenvalue weighted by Crippen LogP contribution is -2.53. The van der Waals surface area contributed by atoms with E-state index >= 15 is 0 Å². The molecular weight excluding hydrogens is 492 g/mol. The van der Waals surface area contributed by atoms with E-state index in [0.29, 0.717) is 25.1 Å². The zero-order valence-electron chi connectivity index (χ0n) is 20.4. The van der Waals surface area contributed by atoms with E-state index < -0.39 is 6.04 Å². The number of hydrogen-bond donors (Lipinski definition) is 1. The van der Waals surface area contributed by atoms with Gasteiger partial charge in [0.1, 0.15) is 11.8 Å². The van der Waals surface area contributed by atoms with Gasteiger partial charge in [-0.05, 0) is 71.3 Å². The van der Waals surface area contributed by atoms with Gasteiger partial charge in [0.25, 0.3) is 5.91 Å². The van der Waals surface area contributed by atoms with Crippen LogP contribution in [0.4, 0.5) is 0 Å². The molecule has 3 rings (SSSR count). The van der Waals surface area contributed by atoms with Crippen molar-refractivity contribution in [3.63, 3.8) is 0 Å². The van der Waals surface area contributed by atoms with Gasteiger partial charge in [0.15, 0.2) is 6.61 Å². The number of rotatable bonds is 11. The van der Waals surface area contributed by atoms with Crippen LogP contribution in [0.5, 0.6) is 5.75 Å². The Morgan fingerprint density at radius 3 is 2.44 bits per heavy atom. The highest BCUT2D eigenvalue weighted by atomic mass is 79.9. The number of amides is 2. The van der Waals surface area contributed by atoms with Crippen molar-refractivity contribution >= 4 is 27.7 Å². The molecule has 34 heavy (non-hydrogen) atoms. The lowest BCUT2D eigenvalue weighted by atomic mass is 9.95. The highest BCUT2D eigenvalue weighted by molar-refractivity contribution is 9.10. The first-order valence-corrected chi connectivity index (χ1v) is 13.4. The molecule has 1 aliphatic carbocycles. The van der Waals surface area contributed by atoms with Gasteiger partial charge >= 0.3 is 0 Å². The molecule has 2 aromatic carbocycles. The summed E-state index contributed by atoms with van der Waals surface area (Å²) in [5, 5.41) is 3.22. The van der Waals surface area contributed by atoms with Crippen LogP contribution >= 0.6 is 15.9 Å². The number of aryl methyl sites for hydroxylation is 1. The Morgan fingerprint density at radius 2 is 1.79 bits per heavy atom. The summed E-state index contributed by atoms with van der Waals surface area (Å²) in [4.78, 5) is 28.3. The molecule has 1 unspecified atom stereocenters. The fourth-order valence-electron chi connectivity index (χ4n) is 4.54. The highest BCUT2D eigenvalue weighted by Gasteiger charge is 2.30. The van der Waals surface area contributed by atoms with Gasteiger partial charge in [-0.25, -0.2) is 0 Å². The van der Waals surface area contributed by atoms with Crippen molar-refractivity contribution < 1.29 is 14.3 Å². The summed E-state index contributed by atoms with van der Waals surface area (Å²) in [5.41, 5.74) is 2.34. The van der Waals surface area contributed by atoms with Crippen LogP contribution in [-0.2, 0) is 22.4 Å². The monoisotopic (exact) mass is 528 g/mol. The van der Waals surface area contributed by atoms with Gasteiger partial charge < -0.3 is 15.0 Å². The third kappa shape index (κ3) is 7.59. The van der Waals surface area contributed by atoms with Crippen LogP contribution in [-0.4, -0.2) is 41.9 Å². The van der Waals surface area contributed by atoms with Gasteiger partial charge in [-0.3, -0.25) is 9.59 Å². The van der Waals surface area contributed by atoms with E-state index in [9.17, 15) is 9.59 Å². The van der Waals surface area contributed by atoms with E-state index in [2.05, 4.69) is 40.3 Å². The molecule has 0 saturated heterocycles. The molecule has 0 spiro atoms. The fraction of sp³-hybridized carbons (Fsp3) is 0.500. The van der Waals surface area contributed by atoms with Crippen LogP contribution in [0.2, 0.25) is 0 Å². The molecule has 0 aromatic heterocycles. The van der Waals surface area contributed by atoms with Crippen LogP contribution in [0.1, 0.15) is 63.5 Å². The number of halogens is 1. The Hall–Kier alpha value is -2.34. The molecule has 1 atom stereocenters. The molecule has 5 nitrogen and oxygen atoms in total. The Balaban J connectivity index is 1.71. The zero-order valence-corrected chi connectivity index (χ0v) is 22.0. The summed E-state index contributed by atoms with van der Waals surface area (Å²) in [7, 11) is 0. The molecule has 1 saturated carbocycles. The molecule has 184 valence electrons. The first-order chi connectivity index (χ1) is 16.5. The summed E-state index contributed by atoms with van der Waals surface area (Å²) < 4.78 is 6.72. The second kappa shape index (κ2) is 13.5. The second-order valence-electron chi connectivity index (χ2n) is 9.00. The van der Waals surface area contributed by atoms with Crippen LogP contribution in [0.25, 0.3) is 0 Å². The number of carbonyl (C=O) groups excluding carboxylic acids is 2. The van der Waals surface area contributed by atoms with Crippen molar-refractivity contribution in [1.82, 2.24) is 10.2 Å². The van der Waals surface area contributed by atoms with Crippen molar-refractivity contribution in [2.24, 2.45) is 0 Å². The van der Waals surface area contributed by atoms with Gasteiger partial charge in [-0.1, -0.05) is 69.5 Å². The van der Waals surface area contributed by atoms with E-state index in [0.717, 1.165) is 42.1 Å². The maximum Gasteiger partial charge on any atom is 0.261 e. The van der Waals surface area contributed by atoms with Crippen molar-refractivity contribution in [3.05, 3.63) is 64.1 Å². The average molecular weight is 530 g/mol. The second-order valence-corrected chi connectivity index (χ2v) is 9.85. The quantitative estimate of drug-likeness (QED) is 0.407. The van der Waals surface area contributed by atoms with Crippen LogP contribution in [0.15, 0.2) is 53.0 Å². The highest BCUT2D eigenvalue weighted by Crippen LogP contribution is 2.26. The smallest absolute Gasteiger partial charge is 0.261 e. The number of nitrogens with one attached hydrogen (secondary N) is 1. The van der Waals surface area contributed by atoms with Crippen LogP contribution < -0.4 is 10.1 Å². The summed E-state index contributed by atoms with van der Waals surface area (Å²) in [6, 6.07) is 15.7. The zero-order chi connectivity index (χ0) is 24.3. The molecule has 0 aliphatic heterocycles. The summed E-state index contributed by atoms with van der Waals surface area (Å²) in [6.45, 7) is 4.43. The molecule has 0 bridgehead atoms. The average Bonchev–Trinajstić information content (AvgIpc) is 2.86. The fourth-order valence-corrected chi connectivity index (χ4v) is 5.08. The third-order valence-corrected chi connectivity index (χ3v) is 7.20. The standard InChI is InChI=1S/C28H37BrN2O3/c1-3-21-15-16-26(24(29)19-21)34-20-27(32)31(18-17-22-11-7-5-8-12-22)25(4-2)28(33)30-23-13-9-6-10-14-23/h5,7-8,11-12,15-16,19,23,25H,3-4,6,9-10,13-14,17-18,20H2,1-2H3,(H,30,33). The molecule has 2 amide bonds. The topological polar surface area (TPSA) is 58.6 Å². The largest absolute Gasteiger partial charge is 0.483 e. The van der Waals surface area contributed by atoms with Crippen molar-refractivity contribution in [2.45, 2.75) is 77.3 Å². The molecule has 1 fully saturated rings. The first kappa shape index (κ1) is 26.3. The van der Waals surface area contributed by atoms with Gasteiger partial charge in [0.05, 0.1) is 4.47 Å². The summed E-state index contributed by atoms with van der Waals surface area (Å²) >= 11 is 3.54. The van der Waals surface area contributed by atoms with Crippen LogP contribution in [0.3, 0.4) is 0 Å². The van der Waals surface area contributed by atoms with E-state index in [1.165, 1.54) is 12.0 Å². The van der Waals surface area contributed by atoms with Crippen molar-refractivity contribution in [2.75, 3.05) is 13.2 Å². The third-order valence-electron chi connectivity index (χ3n) is 6.58. The normalized spacial score (nSPS) is 14.9. The number of nitrogens with zero attached hydrogens (tertiary/aromatic N) is 1. The summed E-state index contributed by atoms with van der Waals surface area (Å²) in [5.74, 6) is 0.408.